The molecule has 1 amide bonds. The van der Waals surface area contributed by atoms with Crippen LogP contribution in [0.2, 0.25) is 0 Å². The van der Waals surface area contributed by atoms with Crippen LogP contribution in [0.4, 0.5) is 5.95 Å². The van der Waals surface area contributed by atoms with Crippen molar-refractivity contribution >= 4 is 11.9 Å². The van der Waals surface area contributed by atoms with Crippen LogP contribution in [0.25, 0.3) is 0 Å². The lowest BCUT2D eigenvalue weighted by Crippen LogP contribution is -2.30. The van der Waals surface area contributed by atoms with Gasteiger partial charge < -0.3 is 15.0 Å². The molecule has 3 rings (SSSR count). The Morgan fingerprint density at radius 2 is 2.08 bits per heavy atom. The number of aromatic amines is 1. The first kappa shape index (κ1) is 18.0. The lowest BCUT2D eigenvalue weighted by Gasteiger charge is -2.19. The minimum Gasteiger partial charge on any atom is -0.496 e. The van der Waals surface area contributed by atoms with Gasteiger partial charge >= 0.3 is 0 Å². The number of rotatable bonds is 5. The van der Waals surface area contributed by atoms with Crippen molar-refractivity contribution in [3.8, 4) is 5.75 Å². The molecular formula is C19H24N4O3. The molecule has 0 spiro atoms. The van der Waals surface area contributed by atoms with Crippen molar-refractivity contribution in [1.29, 1.82) is 0 Å². The number of nitrogens with one attached hydrogen (secondary N) is 2. The van der Waals surface area contributed by atoms with Gasteiger partial charge in [0.25, 0.3) is 11.5 Å². The Kier molecular flexibility index (Phi) is 5.25. The Labute approximate surface area is 152 Å². The lowest BCUT2D eigenvalue weighted by molar-refractivity contribution is 0.0936. The van der Waals surface area contributed by atoms with Crippen molar-refractivity contribution in [2.45, 2.75) is 32.7 Å². The zero-order chi connectivity index (χ0) is 18.7. The standard InChI is InChI=1S/C19H24N4O3/c1-12-7-6-8-14(17(12)26-3)18(25)20-13(2)15-11-16(24)22-19(21-15)23-9-4-5-10-23/h6-8,11,13H,4-5,9-10H2,1-3H3,(H,20,25)(H,21,22,24)/t13-/m0/s1. The summed E-state index contributed by atoms with van der Waals surface area (Å²) in [6, 6.07) is 6.44. The Morgan fingerprint density at radius 3 is 2.77 bits per heavy atom. The number of benzene rings is 1. The van der Waals surface area contributed by atoms with E-state index in [1.54, 1.807) is 13.2 Å². The molecule has 0 unspecified atom stereocenters. The van der Waals surface area contributed by atoms with Gasteiger partial charge in [-0.05, 0) is 38.3 Å². The molecule has 1 aliphatic heterocycles. The van der Waals surface area contributed by atoms with Crippen molar-refractivity contribution in [2.75, 3.05) is 25.1 Å². The van der Waals surface area contributed by atoms with Crippen LogP contribution < -0.4 is 20.5 Å². The van der Waals surface area contributed by atoms with Gasteiger partial charge in [0.15, 0.2) is 0 Å². The molecule has 138 valence electrons. The molecule has 2 N–H and O–H groups in total. The van der Waals surface area contributed by atoms with E-state index in [0.29, 0.717) is 23.0 Å². The van der Waals surface area contributed by atoms with Gasteiger partial charge in [-0.1, -0.05) is 12.1 Å². The number of hydrogen-bond donors (Lipinski definition) is 2. The van der Waals surface area contributed by atoms with Crippen LogP contribution in [0.5, 0.6) is 5.75 Å². The maximum absolute atomic E-state index is 12.7. The molecule has 2 heterocycles. The van der Waals surface area contributed by atoms with Crippen LogP contribution in [0.3, 0.4) is 0 Å². The molecule has 0 aliphatic carbocycles. The fraction of sp³-hybridized carbons (Fsp3) is 0.421. The number of methoxy groups -OCH3 is 1. The maximum atomic E-state index is 12.7. The number of hydrogen-bond acceptors (Lipinski definition) is 5. The van der Waals surface area contributed by atoms with E-state index < -0.39 is 6.04 Å². The first-order chi connectivity index (χ1) is 12.5. The molecule has 1 saturated heterocycles. The first-order valence-electron chi connectivity index (χ1n) is 8.80. The molecule has 0 radical (unpaired) electrons. The quantitative estimate of drug-likeness (QED) is 0.857. The number of ether oxygens (including phenoxy) is 1. The zero-order valence-electron chi connectivity index (χ0n) is 15.3. The number of carbonyl (C=O) groups is 1. The molecule has 7 nitrogen and oxygen atoms in total. The molecule has 1 aromatic heterocycles. The molecule has 0 saturated carbocycles. The summed E-state index contributed by atoms with van der Waals surface area (Å²) in [6.45, 7) is 5.47. The number of aryl methyl sites for hydroxylation is 1. The highest BCUT2D eigenvalue weighted by Gasteiger charge is 2.20. The molecule has 1 atom stereocenters. The Bertz CT molecular complexity index is 856. The predicted molar refractivity (Wildman–Crippen MR) is 99.9 cm³/mol. The summed E-state index contributed by atoms with van der Waals surface area (Å²) < 4.78 is 5.35. The number of anilines is 1. The average Bonchev–Trinajstić information content (AvgIpc) is 3.15. The van der Waals surface area contributed by atoms with E-state index in [0.717, 1.165) is 31.5 Å². The SMILES string of the molecule is COc1c(C)cccc1C(=O)N[C@@H](C)c1cc(=O)[nH]c(N2CCCC2)n1. The number of H-pyrrole nitrogens is 1. The van der Waals surface area contributed by atoms with Crippen molar-refractivity contribution < 1.29 is 9.53 Å². The monoisotopic (exact) mass is 356 g/mol. The van der Waals surface area contributed by atoms with Crippen LogP contribution in [-0.4, -0.2) is 36.1 Å². The van der Waals surface area contributed by atoms with Crippen molar-refractivity contribution in [1.82, 2.24) is 15.3 Å². The fourth-order valence-corrected chi connectivity index (χ4v) is 3.21. The second kappa shape index (κ2) is 7.59. The van der Waals surface area contributed by atoms with Crippen molar-refractivity contribution in [3.63, 3.8) is 0 Å². The molecule has 1 aromatic carbocycles. The smallest absolute Gasteiger partial charge is 0.255 e. The highest BCUT2D eigenvalue weighted by molar-refractivity contribution is 5.97. The normalized spacial score (nSPS) is 15.0. The number of nitrogens with zero attached hydrogens (tertiary/aromatic N) is 2. The van der Waals surface area contributed by atoms with E-state index in [-0.39, 0.29) is 11.5 Å². The van der Waals surface area contributed by atoms with Crippen molar-refractivity contribution in [2.24, 2.45) is 0 Å². The highest BCUT2D eigenvalue weighted by Crippen LogP contribution is 2.24. The van der Waals surface area contributed by atoms with E-state index >= 15 is 0 Å². The molecule has 7 heteroatoms. The van der Waals surface area contributed by atoms with Gasteiger partial charge in [0.2, 0.25) is 5.95 Å². The third-order valence-corrected chi connectivity index (χ3v) is 4.61. The van der Waals surface area contributed by atoms with E-state index in [4.69, 9.17) is 4.74 Å². The average molecular weight is 356 g/mol. The number of para-hydroxylation sites is 1. The van der Waals surface area contributed by atoms with E-state index in [1.807, 2.05) is 26.0 Å². The van der Waals surface area contributed by atoms with E-state index in [2.05, 4.69) is 20.2 Å². The zero-order valence-corrected chi connectivity index (χ0v) is 15.3. The summed E-state index contributed by atoms with van der Waals surface area (Å²) in [5.41, 5.74) is 1.67. The molecule has 1 aliphatic rings. The molecule has 26 heavy (non-hydrogen) atoms. The number of amides is 1. The first-order valence-corrected chi connectivity index (χ1v) is 8.80. The predicted octanol–water partition coefficient (Wildman–Crippen LogP) is 2.18. The van der Waals surface area contributed by atoms with Gasteiger partial charge in [0.05, 0.1) is 24.4 Å². The summed E-state index contributed by atoms with van der Waals surface area (Å²) in [5.74, 6) is 0.857. The lowest BCUT2D eigenvalue weighted by atomic mass is 10.1. The number of aromatic nitrogens is 2. The summed E-state index contributed by atoms with van der Waals surface area (Å²) >= 11 is 0. The summed E-state index contributed by atoms with van der Waals surface area (Å²) in [5, 5.41) is 2.91. The maximum Gasteiger partial charge on any atom is 0.255 e. The minimum absolute atomic E-state index is 0.217. The molecule has 1 fully saturated rings. The Hall–Kier alpha value is -2.83. The Balaban J connectivity index is 1.82. The minimum atomic E-state index is -0.406. The van der Waals surface area contributed by atoms with Gasteiger partial charge in [-0.3, -0.25) is 14.6 Å². The highest BCUT2D eigenvalue weighted by atomic mass is 16.5. The van der Waals surface area contributed by atoms with E-state index in [9.17, 15) is 9.59 Å². The third kappa shape index (κ3) is 3.71. The van der Waals surface area contributed by atoms with E-state index in [1.165, 1.54) is 6.07 Å². The molecular weight excluding hydrogens is 332 g/mol. The third-order valence-electron chi connectivity index (χ3n) is 4.61. The van der Waals surface area contributed by atoms with Gasteiger partial charge in [0, 0.05) is 19.2 Å². The van der Waals surface area contributed by atoms with Gasteiger partial charge in [-0.25, -0.2) is 4.98 Å². The second-order valence-corrected chi connectivity index (χ2v) is 6.54. The van der Waals surface area contributed by atoms with Crippen LogP contribution in [0.1, 0.15) is 47.4 Å². The van der Waals surface area contributed by atoms with Crippen LogP contribution in [0, 0.1) is 6.92 Å². The molecule has 0 bridgehead atoms. The van der Waals surface area contributed by atoms with Gasteiger partial charge in [-0.2, -0.15) is 0 Å². The summed E-state index contributed by atoms with van der Waals surface area (Å²) in [7, 11) is 1.54. The van der Waals surface area contributed by atoms with Crippen LogP contribution in [-0.2, 0) is 0 Å². The largest absolute Gasteiger partial charge is 0.496 e. The van der Waals surface area contributed by atoms with Crippen LogP contribution >= 0.6 is 0 Å². The summed E-state index contributed by atoms with van der Waals surface area (Å²) in [6.07, 6.45) is 2.18. The fourth-order valence-electron chi connectivity index (χ4n) is 3.21. The van der Waals surface area contributed by atoms with Crippen LogP contribution in [0.15, 0.2) is 29.1 Å². The van der Waals surface area contributed by atoms with Crippen molar-refractivity contribution in [3.05, 3.63) is 51.4 Å². The van der Waals surface area contributed by atoms with Gasteiger partial charge in [-0.15, -0.1) is 0 Å². The molecule has 2 aromatic rings. The second-order valence-electron chi connectivity index (χ2n) is 6.54. The Morgan fingerprint density at radius 1 is 1.35 bits per heavy atom. The topological polar surface area (TPSA) is 87.3 Å². The van der Waals surface area contributed by atoms with Gasteiger partial charge in [0.1, 0.15) is 5.75 Å². The number of carbonyl (C=O) groups excluding carboxylic acids is 1. The summed E-state index contributed by atoms with van der Waals surface area (Å²) in [4.78, 5) is 34.1.